The van der Waals surface area contributed by atoms with Gasteiger partial charge >= 0.3 is 11.9 Å². The smallest absolute Gasteiger partial charge is 0.345 e. The molecule has 0 saturated heterocycles. The molecule has 0 saturated carbocycles. The zero-order valence-electron chi connectivity index (χ0n) is 20.5. The normalized spacial score (nSPS) is 11.2. The van der Waals surface area contributed by atoms with E-state index < -0.39 is 36.4 Å². The van der Waals surface area contributed by atoms with Crippen LogP contribution in [0.3, 0.4) is 0 Å². The van der Waals surface area contributed by atoms with E-state index in [1.165, 1.54) is 44.4 Å². The number of carboxylic acid groups (broad SMARTS) is 1. The van der Waals surface area contributed by atoms with Gasteiger partial charge in [0.05, 0.1) is 13.7 Å². The molecule has 0 aliphatic rings. The third kappa shape index (κ3) is 9.24. The van der Waals surface area contributed by atoms with Crippen LogP contribution in [0.15, 0.2) is 36.4 Å². The van der Waals surface area contributed by atoms with Gasteiger partial charge < -0.3 is 40.2 Å². The molecule has 0 aliphatic carbocycles. The number of ether oxygens (including phenoxy) is 3. The molecule has 0 unspecified atom stereocenters. The number of amides is 2. The summed E-state index contributed by atoms with van der Waals surface area (Å²) in [5, 5.41) is 33.9. The van der Waals surface area contributed by atoms with Crippen molar-refractivity contribution in [2.45, 2.75) is 32.2 Å². The first-order valence-electron chi connectivity index (χ1n) is 11.4. The average molecular weight is 519 g/mol. The van der Waals surface area contributed by atoms with Crippen molar-refractivity contribution >= 4 is 23.8 Å². The minimum atomic E-state index is -1.19. The van der Waals surface area contributed by atoms with Gasteiger partial charge in [0, 0.05) is 19.9 Å². The van der Waals surface area contributed by atoms with Crippen molar-refractivity contribution in [3.8, 4) is 23.0 Å². The van der Waals surface area contributed by atoms with Crippen LogP contribution in [-0.2, 0) is 25.5 Å². The van der Waals surface area contributed by atoms with E-state index in [9.17, 15) is 29.4 Å². The molecule has 0 spiro atoms. The van der Waals surface area contributed by atoms with Crippen molar-refractivity contribution in [3.63, 3.8) is 0 Å². The zero-order valence-corrected chi connectivity index (χ0v) is 20.5. The summed E-state index contributed by atoms with van der Waals surface area (Å²) >= 11 is 0. The Kier molecular flexibility index (Phi) is 11.0. The van der Waals surface area contributed by atoms with Crippen molar-refractivity contribution < 1.29 is 48.7 Å². The van der Waals surface area contributed by atoms with E-state index in [4.69, 9.17) is 14.6 Å². The number of aliphatic carboxylic acids is 1. The maximum absolute atomic E-state index is 12.7. The van der Waals surface area contributed by atoms with Gasteiger partial charge in [-0.3, -0.25) is 9.59 Å². The number of hydrogen-bond acceptors (Lipinski definition) is 9. The van der Waals surface area contributed by atoms with E-state index in [0.29, 0.717) is 18.4 Å². The molecule has 0 aliphatic heterocycles. The average Bonchev–Trinajstić information content (AvgIpc) is 2.84. The van der Waals surface area contributed by atoms with Gasteiger partial charge in [-0.1, -0.05) is 12.1 Å². The molecule has 0 bridgehead atoms. The van der Waals surface area contributed by atoms with E-state index in [0.717, 1.165) is 0 Å². The summed E-state index contributed by atoms with van der Waals surface area (Å²) < 4.78 is 15.2. The number of carbonyl (C=O) groups excluding carboxylic acids is 3. The van der Waals surface area contributed by atoms with Crippen LogP contribution < -0.4 is 20.1 Å². The molecule has 37 heavy (non-hydrogen) atoms. The third-order valence-corrected chi connectivity index (χ3v) is 5.03. The molecule has 2 rings (SSSR count). The van der Waals surface area contributed by atoms with Crippen LogP contribution in [0.1, 0.15) is 35.7 Å². The molecule has 2 aromatic carbocycles. The van der Waals surface area contributed by atoms with E-state index in [1.54, 1.807) is 6.07 Å². The van der Waals surface area contributed by atoms with Gasteiger partial charge in [-0.2, -0.15) is 0 Å². The monoisotopic (exact) mass is 518 g/mol. The number of hydrogen-bond donors (Lipinski definition) is 5. The van der Waals surface area contributed by atoms with Crippen molar-refractivity contribution in [1.29, 1.82) is 0 Å². The summed E-state index contributed by atoms with van der Waals surface area (Å²) in [5.41, 5.74) is 0.457. The fourth-order valence-electron chi connectivity index (χ4n) is 3.33. The Morgan fingerprint density at radius 1 is 0.973 bits per heavy atom. The van der Waals surface area contributed by atoms with Gasteiger partial charge in [0.15, 0.2) is 18.1 Å². The Morgan fingerprint density at radius 3 is 2.38 bits per heavy atom. The zero-order chi connectivity index (χ0) is 27.4. The Labute approximate surface area is 213 Å². The Bertz CT molecular complexity index is 1120. The van der Waals surface area contributed by atoms with Crippen LogP contribution in [0.25, 0.3) is 0 Å². The lowest BCUT2D eigenvalue weighted by molar-refractivity contribution is -0.139. The number of nitrogens with one attached hydrogen (secondary N) is 2. The van der Waals surface area contributed by atoms with Crippen molar-refractivity contribution in [2.75, 3.05) is 26.9 Å². The number of carboxylic acids is 1. The van der Waals surface area contributed by atoms with Crippen LogP contribution >= 0.6 is 0 Å². The van der Waals surface area contributed by atoms with Gasteiger partial charge in [-0.15, -0.1) is 0 Å². The number of phenols is 2. The van der Waals surface area contributed by atoms with Crippen molar-refractivity contribution in [2.24, 2.45) is 0 Å². The number of benzene rings is 2. The maximum atomic E-state index is 12.7. The number of unbranched alkanes of at least 4 members (excludes halogenated alkanes) is 1. The lowest BCUT2D eigenvalue weighted by Crippen LogP contribution is -2.47. The van der Waals surface area contributed by atoms with Crippen LogP contribution in [0.2, 0.25) is 0 Å². The quantitative estimate of drug-likeness (QED) is 0.181. The molecule has 0 aromatic heterocycles. The van der Waals surface area contributed by atoms with E-state index in [2.05, 4.69) is 15.4 Å². The summed E-state index contributed by atoms with van der Waals surface area (Å²) in [4.78, 5) is 46.7. The number of carbonyl (C=O) groups is 4. The third-order valence-electron chi connectivity index (χ3n) is 5.03. The van der Waals surface area contributed by atoms with Crippen LogP contribution in [0.5, 0.6) is 23.0 Å². The van der Waals surface area contributed by atoms with Gasteiger partial charge in [0.25, 0.3) is 0 Å². The summed E-state index contributed by atoms with van der Waals surface area (Å²) in [6, 6.07) is 7.79. The molecular formula is C25H30N2O10. The summed E-state index contributed by atoms with van der Waals surface area (Å²) in [6.07, 6.45) is 1.13. The molecule has 2 amide bonds. The summed E-state index contributed by atoms with van der Waals surface area (Å²) in [5.74, 6) is -3.13. The predicted molar refractivity (Wildman–Crippen MR) is 130 cm³/mol. The minimum Gasteiger partial charge on any atom is -0.507 e. The molecule has 0 radical (unpaired) electrons. The Hall–Kier alpha value is -4.48. The maximum Gasteiger partial charge on any atom is 0.345 e. The largest absolute Gasteiger partial charge is 0.507 e. The molecular weight excluding hydrogens is 488 g/mol. The molecule has 2 aromatic rings. The van der Waals surface area contributed by atoms with Crippen molar-refractivity contribution in [1.82, 2.24) is 10.6 Å². The van der Waals surface area contributed by atoms with Gasteiger partial charge in [-0.25, -0.2) is 9.59 Å². The van der Waals surface area contributed by atoms with E-state index in [-0.39, 0.29) is 48.1 Å². The highest BCUT2D eigenvalue weighted by Gasteiger charge is 2.21. The fraction of sp³-hybridized carbons (Fsp3) is 0.360. The Balaban J connectivity index is 1.86. The number of methoxy groups -OCH3 is 1. The number of phenolic OH excluding ortho intramolecular Hbond substituents is 2. The molecule has 12 nitrogen and oxygen atoms in total. The first-order valence-corrected chi connectivity index (χ1v) is 11.4. The first kappa shape index (κ1) is 28.8. The van der Waals surface area contributed by atoms with E-state index >= 15 is 0 Å². The highest BCUT2D eigenvalue weighted by molar-refractivity contribution is 5.95. The molecule has 1 atom stereocenters. The molecule has 0 fully saturated rings. The van der Waals surface area contributed by atoms with E-state index in [1.807, 2.05) is 0 Å². The molecule has 5 N–H and O–H groups in total. The van der Waals surface area contributed by atoms with Crippen LogP contribution in [-0.4, -0.2) is 72.0 Å². The van der Waals surface area contributed by atoms with Crippen LogP contribution in [0, 0.1) is 0 Å². The second kappa shape index (κ2) is 14.2. The first-order chi connectivity index (χ1) is 17.6. The highest BCUT2D eigenvalue weighted by atomic mass is 16.5. The van der Waals surface area contributed by atoms with Gasteiger partial charge in [-0.05, 0) is 42.7 Å². The fourth-order valence-corrected chi connectivity index (χ4v) is 3.33. The molecule has 200 valence electrons. The standard InChI is InChI=1S/C25H30N2O10/c1-15(28)27-17(12-16-8-9-20(19(30)13-16)37-14-22(31)32)24(33)26-10-3-4-11-36-21-7-5-6-18(29)23(21)25(34)35-2/h5-9,13,17,29-30H,3-4,10-12,14H2,1-2H3,(H,26,33)(H,27,28)(H,31,32)/t17-/m0/s1. The minimum absolute atomic E-state index is 0.0154. The van der Waals surface area contributed by atoms with Crippen molar-refractivity contribution in [3.05, 3.63) is 47.5 Å². The lowest BCUT2D eigenvalue weighted by Gasteiger charge is -2.18. The molecule has 0 heterocycles. The topological polar surface area (TPSA) is 181 Å². The lowest BCUT2D eigenvalue weighted by atomic mass is 10.0. The summed E-state index contributed by atoms with van der Waals surface area (Å²) in [7, 11) is 1.20. The number of esters is 1. The number of aromatic hydroxyl groups is 2. The second-order valence-corrected chi connectivity index (χ2v) is 7.93. The highest BCUT2D eigenvalue weighted by Crippen LogP contribution is 2.29. The Morgan fingerprint density at radius 2 is 1.73 bits per heavy atom. The second-order valence-electron chi connectivity index (χ2n) is 7.93. The number of rotatable bonds is 14. The van der Waals surface area contributed by atoms with Gasteiger partial charge in [0.2, 0.25) is 11.8 Å². The van der Waals surface area contributed by atoms with Crippen LogP contribution in [0.4, 0.5) is 0 Å². The summed E-state index contributed by atoms with van der Waals surface area (Å²) in [6.45, 7) is 1.17. The predicted octanol–water partition coefficient (Wildman–Crippen LogP) is 1.37. The SMILES string of the molecule is COC(=O)c1c(O)cccc1OCCCCNC(=O)[C@H](Cc1ccc(OCC(=O)O)c(O)c1)NC(C)=O. The molecule has 12 heteroatoms. The van der Waals surface area contributed by atoms with Gasteiger partial charge in [0.1, 0.15) is 23.1 Å².